The van der Waals surface area contributed by atoms with Crippen LogP contribution < -0.4 is 10.5 Å². The number of methoxy groups -OCH3 is 1. The summed E-state index contributed by atoms with van der Waals surface area (Å²) in [6.07, 6.45) is 5.02. The molecule has 7 heteroatoms. The van der Waals surface area contributed by atoms with Crippen LogP contribution in [0.15, 0.2) is 12.4 Å². The second-order valence-corrected chi connectivity index (χ2v) is 7.13. The summed E-state index contributed by atoms with van der Waals surface area (Å²) in [5.41, 5.74) is 9.61. The number of nitrogen functional groups attached to an aromatic ring is 1. The summed E-state index contributed by atoms with van der Waals surface area (Å²) in [5, 5.41) is 9.61. The molecule has 1 fully saturated rings. The summed E-state index contributed by atoms with van der Waals surface area (Å²) in [7, 11) is 1.51. The normalized spacial score (nSPS) is 19.0. The Bertz CT molecular complexity index is 856. The van der Waals surface area contributed by atoms with Gasteiger partial charge in [0.15, 0.2) is 0 Å². The SMILES string of the molecule is COc1ncc(-c2c(C)c([C@H]3CCOC(C)(C)C3)nc(N)c2C#N)cn1. The molecule has 1 aliphatic heterocycles. The molecule has 1 saturated heterocycles. The number of anilines is 1. The summed E-state index contributed by atoms with van der Waals surface area (Å²) in [6, 6.07) is 2.46. The molecule has 3 rings (SSSR count). The van der Waals surface area contributed by atoms with Crippen LogP contribution in [-0.4, -0.2) is 34.3 Å². The zero-order valence-electron chi connectivity index (χ0n) is 15.5. The van der Waals surface area contributed by atoms with E-state index in [1.54, 1.807) is 12.4 Å². The van der Waals surface area contributed by atoms with Crippen LogP contribution in [0.2, 0.25) is 0 Å². The molecule has 2 aromatic rings. The van der Waals surface area contributed by atoms with Crippen LogP contribution in [-0.2, 0) is 4.74 Å². The van der Waals surface area contributed by atoms with E-state index in [4.69, 9.17) is 15.2 Å². The number of rotatable bonds is 3. The van der Waals surface area contributed by atoms with E-state index in [0.29, 0.717) is 12.2 Å². The maximum absolute atomic E-state index is 9.61. The van der Waals surface area contributed by atoms with E-state index in [9.17, 15) is 5.26 Å². The van der Waals surface area contributed by atoms with Gasteiger partial charge in [-0.15, -0.1) is 0 Å². The van der Waals surface area contributed by atoms with Gasteiger partial charge >= 0.3 is 6.01 Å². The molecular formula is C19H23N5O2. The van der Waals surface area contributed by atoms with Crippen molar-refractivity contribution < 1.29 is 9.47 Å². The third-order valence-corrected chi connectivity index (χ3v) is 4.80. The Morgan fingerprint density at radius 3 is 2.62 bits per heavy atom. The van der Waals surface area contributed by atoms with Gasteiger partial charge in [-0.2, -0.15) is 5.26 Å². The Labute approximate surface area is 153 Å². The molecule has 2 aromatic heterocycles. The largest absolute Gasteiger partial charge is 0.467 e. The van der Waals surface area contributed by atoms with Crippen molar-refractivity contribution in [2.75, 3.05) is 19.5 Å². The number of nitriles is 1. The Morgan fingerprint density at radius 2 is 2.04 bits per heavy atom. The van der Waals surface area contributed by atoms with Crippen LogP contribution in [0, 0.1) is 18.3 Å². The van der Waals surface area contributed by atoms with E-state index in [1.165, 1.54) is 7.11 Å². The third-order valence-electron chi connectivity index (χ3n) is 4.80. The average Bonchev–Trinajstić information content (AvgIpc) is 2.62. The van der Waals surface area contributed by atoms with Crippen LogP contribution >= 0.6 is 0 Å². The molecule has 0 aliphatic carbocycles. The number of hydrogen-bond acceptors (Lipinski definition) is 7. The van der Waals surface area contributed by atoms with Gasteiger partial charge in [0.2, 0.25) is 0 Å². The number of nitrogens with zero attached hydrogens (tertiary/aromatic N) is 4. The fourth-order valence-corrected chi connectivity index (χ4v) is 3.60. The summed E-state index contributed by atoms with van der Waals surface area (Å²) in [6.45, 7) is 6.82. The Hall–Kier alpha value is -2.72. The van der Waals surface area contributed by atoms with Gasteiger partial charge in [-0.3, -0.25) is 0 Å². The number of aromatic nitrogens is 3. The summed E-state index contributed by atoms with van der Waals surface area (Å²) < 4.78 is 10.8. The van der Waals surface area contributed by atoms with Crippen molar-refractivity contribution >= 4 is 5.82 Å². The van der Waals surface area contributed by atoms with Crippen molar-refractivity contribution in [2.24, 2.45) is 0 Å². The summed E-state index contributed by atoms with van der Waals surface area (Å²) in [5.74, 6) is 0.468. The minimum absolute atomic E-state index is 0.205. The van der Waals surface area contributed by atoms with Crippen LogP contribution in [0.4, 0.5) is 5.82 Å². The fraction of sp³-hybridized carbons (Fsp3) is 0.474. The zero-order chi connectivity index (χ0) is 18.9. The average molecular weight is 353 g/mol. The molecule has 0 radical (unpaired) electrons. The lowest BCUT2D eigenvalue weighted by molar-refractivity contribution is -0.0598. The quantitative estimate of drug-likeness (QED) is 0.903. The van der Waals surface area contributed by atoms with Gasteiger partial charge in [0.05, 0.1) is 12.7 Å². The first-order chi connectivity index (χ1) is 12.4. The first-order valence-electron chi connectivity index (χ1n) is 8.56. The van der Waals surface area contributed by atoms with Gasteiger partial charge < -0.3 is 15.2 Å². The Balaban J connectivity index is 2.14. The first-order valence-corrected chi connectivity index (χ1v) is 8.56. The van der Waals surface area contributed by atoms with Crippen LogP contribution in [0.1, 0.15) is 49.4 Å². The van der Waals surface area contributed by atoms with Gasteiger partial charge in [0.1, 0.15) is 17.5 Å². The molecule has 3 heterocycles. The van der Waals surface area contributed by atoms with E-state index >= 15 is 0 Å². The van der Waals surface area contributed by atoms with Crippen molar-refractivity contribution in [3.05, 3.63) is 29.2 Å². The predicted molar refractivity (Wildman–Crippen MR) is 97.7 cm³/mol. The molecule has 0 bridgehead atoms. The highest BCUT2D eigenvalue weighted by Gasteiger charge is 2.32. The molecule has 0 unspecified atom stereocenters. The van der Waals surface area contributed by atoms with E-state index in [1.807, 2.05) is 6.92 Å². The topological polar surface area (TPSA) is 107 Å². The third kappa shape index (κ3) is 3.33. The lowest BCUT2D eigenvalue weighted by Gasteiger charge is -2.36. The molecule has 1 atom stereocenters. The lowest BCUT2D eigenvalue weighted by Crippen LogP contribution is -2.33. The molecule has 0 spiro atoms. The van der Waals surface area contributed by atoms with Gasteiger partial charge in [-0.05, 0) is 39.2 Å². The van der Waals surface area contributed by atoms with Crippen molar-refractivity contribution in [2.45, 2.75) is 45.1 Å². The molecule has 2 N–H and O–H groups in total. The molecule has 26 heavy (non-hydrogen) atoms. The monoisotopic (exact) mass is 353 g/mol. The predicted octanol–water partition coefficient (Wildman–Crippen LogP) is 2.98. The van der Waals surface area contributed by atoms with E-state index in [0.717, 1.165) is 35.2 Å². The summed E-state index contributed by atoms with van der Waals surface area (Å²) >= 11 is 0. The molecule has 7 nitrogen and oxygen atoms in total. The maximum Gasteiger partial charge on any atom is 0.316 e. The number of nitrogens with two attached hydrogens (primary N) is 1. The molecule has 1 aliphatic rings. The summed E-state index contributed by atoms with van der Waals surface area (Å²) in [4.78, 5) is 12.9. The first kappa shape index (κ1) is 18.1. The smallest absolute Gasteiger partial charge is 0.316 e. The van der Waals surface area contributed by atoms with Crippen molar-refractivity contribution in [1.82, 2.24) is 15.0 Å². The highest BCUT2D eigenvalue weighted by molar-refractivity contribution is 5.78. The minimum Gasteiger partial charge on any atom is -0.467 e. The maximum atomic E-state index is 9.61. The fourth-order valence-electron chi connectivity index (χ4n) is 3.60. The Kier molecular flexibility index (Phi) is 4.79. The van der Waals surface area contributed by atoms with Crippen molar-refractivity contribution in [3.8, 4) is 23.2 Å². The number of hydrogen-bond donors (Lipinski definition) is 1. The molecule has 0 saturated carbocycles. The van der Waals surface area contributed by atoms with Gasteiger partial charge in [-0.25, -0.2) is 15.0 Å². The zero-order valence-corrected chi connectivity index (χ0v) is 15.5. The standard InChI is InChI=1S/C19H23N5O2/c1-11-15(13-9-22-18(25-4)23-10-13)14(8-20)17(21)24-16(11)12-5-6-26-19(2,3)7-12/h9-10,12H,5-7H2,1-4H3,(H2,21,24)/t12-/m0/s1. The van der Waals surface area contributed by atoms with Gasteiger partial charge in [0, 0.05) is 41.7 Å². The highest BCUT2D eigenvalue weighted by Crippen LogP contribution is 2.40. The van der Waals surface area contributed by atoms with E-state index < -0.39 is 0 Å². The molecule has 0 amide bonds. The Morgan fingerprint density at radius 1 is 1.35 bits per heavy atom. The highest BCUT2D eigenvalue weighted by atomic mass is 16.5. The van der Waals surface area contributed by atoms with Crippen molar-refractivity contribution in [1.29, 1.82) is 5.26 Å². The number of pyridine rings is 1. The molecular weight excluding hydrogens is 330 g/mol. The van der Waals surface area contributed by atoms with Crippen LogP contribution in [0.3, 0.4) is 0 Å². The van der Waals surface area contributed by atoms with Crippen molar-refractivity contribution in [3.63, 3.8) is 0 Å². The van der Waals surface area contributed by atoms with Crippen LogP contribution in [0.25, 0.3) is 11.1 Å². The van der Waals surface area contributed by atoms with E-state index in [2.05, 4.69) is 34.9 Å². The minimum atomic E-state index is -0.205. The number of ether oxygens (including phenoxy) is 2. The molecule has 0 aromatic carbocycles. The second-order valence-electron chi connectivity index (χ2n) is 7.13. The van der Waals surface area contributed by atoms with Crippen LogP contribution in [0.5, 0.6) is 6.01 Å². The van der Waals surface area contributed by atoms with Gasteiger partial charge in [-0.1, -0.05) is 0 Å². The van der Waals surface area contributed by atoms with Gasteiger partial charge in [0.25, 0.3) is 0 Å². The lowest BCUT2D eigenvalue weighted by atomic mass is 9.82. The molecule has 136 valence electrons. The second kappa shape index (κ2) is 6.89. The van der Waals surface area contributed by atoms with E-state index in [-0.39, 0.29) is 23.3 Å².